The summed E-state index contributed by atoms with van der Waals surface area (Å²) in [5.74, 6) is 0.481. The number of hydrogen-bond acceptors (Lipinski definition) is 4. The summed E-state index contributed by atoms with van der Waals surface area (Å²) in [6, 6.07) is 12.5. The first kappa shape index (κ1) is 18.3. The van der Waals surface area contributed by atoms with Crippen LogP contribution in [0, 0.1) is 6.92 Å². The van der Waals surface area contributed by atoms with E-state index in [1.807, 2.05) is 31.2 Å². The van der Waals surface area contributed by atoms with E-state index in [-0.39, 0.29) is 18.4 Å². The second-order valence-corrected chi connectivity index (χ2v) is 5.56. The molecule has 0 fully saturated rings. The molecule has 0 aliphatic heterocycles. The molecule has 2 aromatic carbocycles. The zero-order valence-electron chi connectivity index (χ0n) is 14.8. The fraction of sp³-hybridized carbons (Fsp3) is 0.263. The van der Waals surface area contributed by atoms with Crippen molar-refractivity contribution in [2.45, 2.75) is 13.8 Å². The van der Waals surface area contributed by atoms with Crippen molar-refractivity contribution in [1.82, 2.24) is 0 Å². The van der Waals surface area contributed by atoms with Gasteiger partial charge in [-0.1, -0.05) is 17.7 Å². The lowest BCUT2D eigenvalue weighted by molar-refractivity contribution is -0.120. The molecule has 25 heavy (non-hydrogen) atoms. The number of amides is 2. The second kappa shape index (κ2) is 8.19. The number of anilines is 2. The number of carbonyl (C=O) groups excluding carboxylic acids is 2. The topological polar surface area (TPSA) is 67.9 Å². The molecule has 0 aliphatic rings. The van der Waals surface area contributed by atoms with E-state index in [4.69, 9.17) is 9.47 Å². The summed E-state index contributed by atoms with van der Waals surface area (Å²) in [6.07, 6.45) is 0. The van der Waals surface area contributed by atoms with Gasteiger partial charge in [-0.15, -0.1) is 0 Å². The van der Waals surface area contributed by atoms with Crippen LogP contribution in [-0.4, -0.2) is 32.6 Å². The van der Waals surface area contributed by atoms with Gasteiger partial charge in [0, 0.05) is 18.7 Å². The Morgan fingerprint density at radius 3 is 2.28 bits per heavy atom. The summed E-state index contributed by atoms with van der Waals surface area (Å²) in [4.78, 5) is 25.8. The molecule has 6 heteroatoms. The van der Waals surface area contributed by atoms with Crippen molar-refractivity contribution in [3.05, 3.63) is 48.0 Å². The van der Waals surface area contributed by atoms with Crippen LogP contribution in [0.3, 0.4) is 0 Å². The van der Waals surface area contributed by atoms with Gasteiger partial charge >= 0.3 is 0 Å². The van der Waals surface area contributed by atoms with E-state index >= 15 is 0 Å². The van der Waals surface area contributed by atoms with Crippen molar-refractivity contribution >= 4 is 23.2 Å². The van der Waals surface area contributed by atoms with Crippen LogP contribution in [0.5, 0.6) is 11.5 Å². The summed E-state index contributed by atoms with van der Waals surface area (Å²) in [5, 5.41) is 2.79. The van der Waals surface area contributed by atoms with E-state index in [2.05, 4.69) is 5.32 Å². The maximum absolute atomic E-state index is 12.4. The van der Waals surface area contributed by atoms with Gasteiger partial charge in [-0.25, -0.2) is 0 Å². The van der Waals surface area contributed by atoms with E-state index in [9.17, 15) is 9.59 Å². The Morgan fingerprint density at radius 1 is 1.04 bits per heavy atom. The Hall–Kier alpha value is -3.02. The molecular weight excluding hydrogens is 320 g/mol. The van der Waals surface area contributed by atoms with Crippen molar-refractivity contribution in [2.24, 2.45) is 0 Å². The van der Waals surface area contributed by atoms with E-state index < -0.39 is 0 Å². The summed E-state index contributed by atoms with van der Waals surface area (Å²) in [6.45, 7) is 3.24. The third-order valence-corrected chi connectivity index (χ3v) is 3.69. The number of benzene rings is 2. The van der Waals surface area contributed by atoms with Crippen LogP contribution in [0.4, 0.5) is 11.4 Å². The lowest BCUT2D eigenvalue weighted by Gasteiger charge is -2.23. The van der Waals surface area contributed by atoms with Crippen LogP contribution >= 0.6 is 0 Å². The van der Waals surface area contributed by atoms with Crippen LogP contribution < -0.4 is 19.7 Å². The monoisotopic (exact) mass is 342 g/mol. The van der Waals surface area contributed by atoms with Crippen molar-refractivity contribution < 1.29 is 19.1 Å². The lowest BCUT2D eigenvalue weighted by atomic mass is 10.2. The number of nitrogens with zero attached hydrogens (tertiary/aromatic N) is 1. The molecule has 0 saturated heterocycles. The van der Waals surface area contributed by atoms with Crippen LogP contribution in [-0.2, 0) is 9.59 Å². The number of aryl methyl sites for hydroxylation is 1. The van der Waals surface area contributed by atoms with Crippen molar-refractivity contribution in [2.75, 3.05) is 31.0 Å². The third-order valence-electron chi connectivity index (χ3n) is 3.69. The van der Waals surface area contributed by atoms with Gasteiger partial charge in [0.1, 0.15) is 18.0 Å². The molecule has 1 N–H and O–H groups in total. The Kier molecular flexibility index (Phi) is 6.00. The normalized spacial score (nSPS) is 10.1. The molecule has 0 unspecified atom stereocenters. The van der Waals surface area contributed by atoms with E-state index in [0.717, 1.165) is 5.56 Å². The predicted octanol–water partition coefficient (Wildman–Crippen LogP) is 3.00. The van der Waals surface area contributed by atoms with Gasteiger partial charge in [0.25, 0.3) is 0 Å². The Labute approximate surface area is 147 Å². The second-order valence-electron chi connectivity index (χ2n) is 5.56. The van der Waals surface area contributed by atoms with Crippen LogP contribution in [0.25, 0.3) is 0 Å². The average molecular weight is 342 g/mol. The minimum absolute atomic E-state index is 0.132. The molecule has 0 saturated carbocycles. The molecule has 0 atom stereocenters. The first-order valence-corrected chi connectivity index (χ1v) is 7.81. The molecule has 6 nitrogen and oxygen atoms in total. The summed E-state index contributed by atoms with van der Waals surface area (Å²) in [5.41, 5.74) is 2.26. The number of carbonyl (C=O) groups is 2. The van der Waals surface area contributed by atoms with Gasteiger partial charge in [0.15, 0.2) is 0 Å². The van der Waals surface area contributed by atoms with Crippen LogP contribution in [0.1, 0.15) is 12.5 Å². The molecule has 0 spiro atoms. The van der Waals surface area contributed by atoms with Crippen molar-refractivity contribution in [3.8, 4) is 11.5 Å². The Balaban J connectivity index is 2.22. The van der Waals surface area contributed by atoms with Gasteiger partial charge in [-0.2, -0.15) is 0 Å². The molecule has 2 rings (SSSR count). The number of methoxy groups -OCH3 is 2. The largest absolute Gasteiger partial charge is 0.497 e. The maximum atomic E-state index is 12.4. The fourth-order valence-electron chi connectivity index (χ4n) is 2.35. The highest BCUT2D eigenvalue weighted by Gasteiger charge is 2.20. The lowest BCUT2D eigenvalue weighted by Crippen LogP contribution is -2.36. The minimum Gasteiger partial charge on any atom is -0.497 e. The van der Waals surface area contributed by atoms with Gasteiger partial charge in [-0.3, -0.25) is 14.5 Å². The molecular formula is C19H22N2O4. The van der Waals surface area contributed by atoms with Gasteiger partial charge in [0.2, 0.25) is 11.8 Å². The molecule has 2 aromatic rings. The van der Waals surface area contributed by atoms with Gasteiger partial charge < -0.3 is 14.8 Å². The van der Waals surface area contributed by atoms with Gasteiger partial charge in [0.05, 0.1) is 19.9 Å². The van der Waals surface area contributed by atoms with Crippen molar-refractivity contribution in [1.29, 1.82) is 0 Å². The summed E-state index contributed by atoms with van der Waals surface area (Å²) >= 11 is 0. The number of nitrogens with one attached hydrogen (secondary N) is 1. The fourth-order valence-corrected chi connectivity index (χ4v) is 2.35. The summed E-state index contributed by atoms with van der Waals surface area (Å²) in [7, 11) is 3.05. The zero-order chi connectivity index (χ0) is 18.4. The molecule has 2 amide bonds. The predicted molar refractivity (Wildman–Crippen MR) is 97.4 cm³/mol. The number of rotatable bonds is 6. The molecule has 0 radical (unpaired) electrons. The molecule has 0 aliphatic carbocycles. The number of hydrogen-bond donors (Lipinski definition) is 1. The first-order chi connectivity index (χ1) is 11.9. The Morgan fingerprint density at radius 2 is 1.72 bits per heavy atom. The third kappa shape index (κ3) is 4.73. The van der Waals surface area contributed by atoms with Crippen LogP contribution in [0.15, 0.2) is 42.5 Å². The minimum atomic E-state index is -0.302. The molecule has 0 heterocycles. The maximum Gasteiger partial charge on any atom is 0.244 e. The highest BCUT2D eigenvalue weighted by molar-refractivity contribution is 6.02. The van der Waals surface area contributed by atoms with E-state index in [1.54, 1.807) is 18.2 Å². The standard InChI is InChI=1S/C19H22N2O4/c1-13-5-7-15(8-6-13)20-19(23)12-21(14(2)22)17-11-16(24-3)9-10-18(17)25-4/h5-11H,12H2,1-4H3,(H,20,23). The van der Waals surface area contributed by atoms with Crippen LogP contribution in [0.2, 0.25) is 0 Å². The SMILES string of the molecule is COc1ccc(OC)c(N(CC(=O)Nc2ccc(C)cc2)C(C)=O)c1. The molecule has 132 valence electrons. The van der Waals surface area contributed by atoms with E-state index in [0.29, 0.717) is 22.9 Å². The molecule has 0 aromatic heterocycles. The average Bonchev–Trinajstić information content (AvgIpc) is 2.61. The first-order valence-electron chi connectivity index (χ1n) is 7.81. The van der Waals surface area contributed by atoms with E-state index in [1.165, 1.54) is 26.0 Å². The van der Waals surface area contributed by atoms with Crippen molar-refractivity contribution in [3.63, 3.8) is 0 Å². The zero-order valence-corrected chi connectivity index (χ0v) is 14.8. The van der Waals surface area contributed by atoms with Gasteiger partial charge in [-0.05, 0) is 31.2 Å². The summed E-state index contributed by atoms with van der Waals surface area (Å²) < 4.78 is 10.5. The highest BCUT2D eigenvalue weighted by atomic mass is 16.5. The Bertz CT molecular complexity index is 757. The number of ether oxygens (including phenoxy) is 2. The molecule has 0 bridgehead atoms. The quantitative estimate of drug-likeness (QED) is 0.876. The smallest absolute Gasteiger partial charge is 0.244 e. The highest BCUT2D eigenvalue weighted by Crippen LogP contribution is 2.32.